The lowest BCUT2D eigenvalue weighted by atomic mass is 9.80. The highest BCUT2D eigenvalue weighted by molar-refractivity contribution is 5.45. The molecular formula is C14H19F2N. The van der Waals surface area contributed by atoms with Crippen LogP contribution in [0.5, 0.6) is 0 Å². The largest absolute Gasteiger partial charge is 0.380 e. The van der Waals surface area contributed by atoms with Crippen molar-refractivity contribution >= 4 is 5.69 Å². The maximum atomic E-state index is 13.5. The van der Waals surface area contributed by atoms with Gasteiger partial charge in [0.15, 0.2) is 0 Å². The Hall–Kier alpha value is -1.12. The fourth-order valence-corrected chi connectivity index (χ4v) is 2.89. The molecule has 1 aliphatic rings. The van der Waals surface area contributed by atoms with Crippen LogP contribution >= 0.6 is 0 Å². The van der Waals surface area contributed by atoms with E-state index in [2.05, 4.69) is 19.2 Å². The molecule has 0 spiro atoms. The SMILES string of the molecule is CC1CC(C)CC(Nc2ccc(F)cc2F)C1. The van der Waals surface area contributed by atoms with Gasteiger partial charge in [-0.3, -0.25) is 0 Å². The van der Waals surface area contributed by atoms with Crippen molar-refractivity contribution in [2.75, 3.05) is 5.32 Å². The average Bonchev–Trinajstić information content (AvgIpc) is 2.21. The molecule has 2 atom stereocenters. The van der Waals surface area contributed by atoms with Crippen LogP contribution in [0.2, 0.25) is 0 Å². The van der Waals surface area contributed by atoms with E-state index < -0.39 is 11.6 Å². The molecule has 1 saturated carbocycles. The van der Waals surface area contributed by atoms with Gasteiger partial charge in [-0.15, -0.1) is 0 Å². The van der Waals surface area contributed by atoms with E-state index >= 15 is 0 Å². The molecule has 1 fully saturated rings. The number of halogens is 2. The summed E-state index contributed by atoms with van der Waals surface area (Å²) in [7, 11) is 0. The van der Waals surface area contributed by atoms with E-state index in [1.165, 1.54) is 18.6 Å². The van der Waals surface area contributed by atoms with Crippen molar-refractivity contribution in [3.63, 3.8) is 0 Å². The van der Waals surface area contributed by atoms with Gasteiger partial charge in [-0.1, -0.05) is 13.8 Å². The first-order valence-corrected chi connectivity index (χ1v) is 6.26. The molecule has 0 aromatic heterocycles. The monoisotopic (exact) mass is 239 g/mol. The van der Waals surface area contributed by atoms with E-state index in [1.807, 2.05) is 0 Å². The van der Waals surface area contributed by atoms with E-state index in [-0.39, 0.29) is 0 Å². The van der Waals surface area contributed by atoms with Crippen LogP contribution in [0, 0.1) is 23.5 Å². The maximum absolute atomic E-state index is 13.5. The Morgan fingerprint density at radius 1 is 1.06 bits per heavy atom. The van der Waals surface area contributed by atoms with Gasteiger partial charge in [0.1, 0.15) is 11.6 Å². The van der Waals surface area contributed by atoms with Crippen LogP contribution in [0.3, 0.4) is 0 Å². The number of anilines is 1. The Kier molecular flexibility index (Phi) is 3.65. The second-order valence-corrected chi connectivity index (χ2v) is 5.38. The Morgan fingerprint density at radius 3 is 2.29 bits per heavy atom. The Morgan fingerprint density at radius 2 is 1.71 bits per heavy atom. The van der Waals surface area contributed by atoms with Crippen molar-refractivity contribution in [3.8, 4) is 0 Å². The van der Waals surface area contributed by atoms with Gasteiger partial charge in [-0.05, 0) is 43.2 Å². The second-order valence-electron chi connectivity index (χ2n) is 5.38. The van der Waals surface area contributed by atoms with Gasteiger partial charge in [0, 0.05) is 12.1 Å². The van der Waals surface area contributed by atoms with Crippen LogP contribution in [0.15, 0.2) is 18.2 Å². The van der Waals surface area contributed by atoms with E-state index in [9.17, 15) is 8.78 Å². The Balaban J connectivity index is 2.04. The smallest absolute Gasteiger partial charge is 0.149 e. The fraction of sp³-hybridized carbons (Fsp3) is 0.571. The summed E-state index contributed by atoms with van der Waals surface area (Å²) in [6, 6.07) is 4.00. The molecule has 0 aliphatic heterocycles. The number of rotatable bonds is 2. The highest BCUT2D eigenvalue weighted by Gasteiger charge is 2.24. The average molecular weight is 239 g/mol. The number of hydrogen-bond donors (Lipinski definition) is 1. The highest BCUT2D eigenvalue weighted by atomic mass is 19.1. The molecule has 1 nitrogen and oxygen atoms in total. The molecule has 2 unspecified atom stereocenters. The summed E-state index contributed by atoms with van der Waals surface area (Å²) in [6.45, 7) is 4.46. The third-order valence-electron chi connectivity index (χ3n) is 3.47. The Bertz CT molecular complexity index is 382. The van der Waals surface area contributed by atoms with Gasteiger partial charge < -0.3 is 5.32 Å². The molecule has 0 bridgehead atoms. The molecule has 3 heteroatoms. The molecule has 0 amide bonds. The van der Waals surface area contributed by atoms with Crippen molar-refractivity contribution in [2.24, 2.45) is 11.8 Å². The van der Waals surface area contributed by atoms with Gasteiger partial charge in [-0.25, -0.2) is 8.78 Å². The molecular weight excluding hydrogens is 220 g/mol. The quantitative estimate of drug-likeness (QED) is 0.815. The molecule has 2 rings (SSSR count). The first-order valence-electron chi connectivity index (χ1n) is 6.26. The summed E-state index contributed by atoms with van der Waals surface area (Å²) in [4.78, 5) is 0. The van der Waals surface area contributed by atoms with Crippen molar-refractivity contribution in [1.29, 1.82) is 0 Å². The van der Waals surface area contributed by atoms with Crippen molar-refractivity contribution in [2.45, 2.75) is 39.2 Å². The second kappa shape index (κ2) is 5.03. The molecule has 17 heavy (non-hydrogen) atoms. The summed E-state index contributed by atoms with van der Waals surface area (Å²) in [5.41, 5.74) is 0.415. The first-order chi connectivity index (χ1) is 8.04. The fourth-order valence-electron chi connectivity index (χ4n) is 2.89. The number of benzene rings is 1. The Labute approximate surface area is 101 Å². The van der Waals surface area contributed by atoms with Crippen LogP contribution in [0.25, 0.3) is 0 Å². The van der Waals surface area contributed by atoms with Crippen LogP contribution in [0.4, 0.5) is 14.5 Å². The van der Waals surface area contributed by atoms with Crippen LogP contribution < -0.4 is 5.32 Å². The third kappa shape index (κ3) is 3.18. The molecule has 1 aromatic carbocycles. The minimum absolute atomic E-state index is 0.300. The predicted octanol–water partition coefficient (Wildman–Crippen LogP) is 4.20. The minimum atomic E-state index is -0.529. The van der Waals surface area contributed by atoms with Crippen molar-refractivity contribution < 1.29 is 8.78 Å². The minimum Gasteiger partial charge on any atom is -0.380 e. The maximum Gasteiger partial charge on any atom is 0.149 e. The van der Waals surface area contributed by atoms with Gasteiger partial charge in [-0.2, -0.15) is 0 Å². The molecule has 94 valence electrons. The molecule has 0 saturated heterocycles. The standard InChI is InChI=1S/C14H19F2N/c1-9-5-10(2)7-12(6-9)17-14-4-3-11(15)8-13(14)16/h3-4,8-10,12,17H,5-7H2,1-2H3. The summed E-state index contributed by atoms with van der Waals surface area (Å²) < 4.78 is 26.3. The van der Waals surface area contributed by atoms with Gasteiger partial charge >= 0.3 is 0 Å². The van der Waals surface area contributed by atoms with Gasteiger partial charge in [0.2, 0.25) is 0 Å². The molecule has 1 aliphatic carbocycles. The van der Waals surface area contributed by atoms with Gasteiger partial charge in [0.25, 0.3) is 0 Å². The van der Waals surface area contributed by atoms with E-state index in [4.69, 9.17) is 0 Å². The van der Waals surface area contributed by atoms with Crippen LogP contribution in [-0.2, 0) is 0 Å². The van der Waals surface area contributed by atoms with Crippen LogP contribution in [-0.4, -0.2) is 6.04 Å². The van der Waals surface area contributed by atoms with Crippen molar-refractivity contribution in [1.82, 2.24) is 0 Å². The topological polar surface area (TPSA) is 12.0 Å². The molecule has 0 heterocycles. The number of hydrogen-bond acceptors (Lipinski definition) is 1. The summed E-state index contributed by atoms with van der Waals surface area (Å²) in [5, 5.41) is 3.20. The van der Waals surface area contributed by atoms with E-state index in [0.29, 0.717) is 23.6 Å². The zero-order valence-corrected chi connectivity index (χ0v) is 10.3. The van der Waals surface area contributed by atoms with E-state index in [1.54, 1.807) is 0 Å². The normalized spacial score (nSPS) is 29.1. The highest BCUT2D eigenvalue weighted by Crippen LogP contribution is 2.31. The summed E-state index contributed by atoms with van der Waals surface area (Å²) >= 11 is 0. The third-order valence-corrected chi connectivity index (χ3v) is 3.47. The summed E-state index contributed by atoms with van der Waals surface area (Å²) in [6.07, 6.45) is 3.35. The lowest BCUT2D eigenvalue weighted by Gasteiger charge is -2.32. The first kappa shape index (κ1) is 12.3. The zero-order chi connectivity index (χ0) is 12.4. The molecule has 1 aromatic rings. The summed E-state index contributed by atoms with van der Waals surface area (Å²) in [5.74, 6) is 0.300. The lowest BCUT2D eigenvalue weighted by molar-refractivity contribution is 0.280. The molecule has 1 N–H and O–H groups in total. The van der Waals surface area contributed by atoms with E-state index in [0.717, 1.165) is 18.9 Å². The van der Waals surface area contributed by atoms with Gasteiger partial charge in [0.05, 0.1) is 5.69 Å². The lowest BCUT2D eigenvalue weighted by Crippen LogP contribution is -2.30. The molecule has 0 radical (unpaired) electrons. The number of nitrogens with one attached hydrogen (secondary N) is 1. The van der Waals surface area contributed by atoms with Crippen molar-refractivity contribution in [3.05, 3.63) is 29.8 Å². The predicted molar refractivity (Wildman–Crippen MR) is 65.9 cm³/mol. The zero-order valence-electron chi connectivity index (χ0n) is 10.3. The van der Waals surface area contributed by atoms with Crippen LogP contribution in [0.1, 0.15) is 33.1 Å².